The van der Waals surface area contributed by atoms with Crippen molar-refractivity contribution in [2.45, 2.75) is 26.3 Å². The molecule has 0 saturated carbocycles. The molecule has 0 radical (unpaired) electrons. The number of halogens is 1. The van der Waals surface area contributed by atoms with Crippen molar-refractivity contribution in [3.8, 4) is 0 Å². The number of nitrogens with zero attached hydrogens (tertiary/aromatic N) is 3. The molecule has 20 heavy (non-hydrogen) atoms. The number of benzene rings is 1. The van der Waals surface area contributed by atoms with Gasteiger partial charge in [-0.3, -0.25) is 9.36 Å². The van der Waals surface area contributed by atoms with E-state index in [9.17, 15) is 4.79 Å². The zero-order valence-electron chi connectivity index (χ0n) is 12.4. The molecule has 0 aliphatic heterocycles. The average Bonchev–Trinajstić information content (AvgIpc) is 2.37. The predicted molar refractivity (Wildman–Crippen MR) is 83.6 cm³/mol. The highest BCUT2D eigenvalue weighted by Crippen LogP contribution is 2.20. The Balaban J connectivity index is 2.62. The van der Waals surface area contributed by atoms with Crippen molar-refractivity contribution < 1.29 is 0 Å². The van der Waals surface area contributed by atoms with E-state index in [0.29, 0.717) is 10.4 Å². The van der Waals surface area contributed by atoms with Gasteiger partial charge in [-0.2, -0.15) is 0 Å². The van der Waals surface area contributed by atoms with E-state index in [1.54, 1.807) is 17.0 Å². The summed E-state index contributed by atoms with van der Waals surface area (Å²) in [5, 5.41) is 1.17. The highest BCUT2D eigenvalue weighted by atomic mass is 35.5. The topological polar surface area (TPSA) is 38.1 Å². The minimum absolute atomic E-state index is 0.0192. The quantitative estimate of drug-likeness (QED) is 0.870. The predicted octanol–water partition coefficient (Wildman–Crippen LogP) is 2.87. The number of hydrogen-bond donors (Lipinski definition) is 0. The Morgan fingerprint density at radius 2 is 2.10 bits per heavy atom. The maximum atomic E-state index is 12.7. The molecule has 1 aromatic carbocycles. The van der Waals surface area contributed by atoms with Crippen molar-refractivity contribution in [1.29, 1.82) is 0 Å². The van der Waals surface area contributed by atoms with Crippen LogP contribution in [0.25, 0.3) is 10.9 Å². The van der Waals surface area contributed by atoms with Crippen LogP contribution in [-0.4, -0.2) is 35.1 Å². The molecule has 0 saturated heterocycles. The molecule has 108 valence electrons. The standard InChI is InChI=1S/C15H20ClN3O/c1-5-12(8-18(3)4)19-9-17-14-10(2)6-11(16)7-13(14)15(19)20/h6-7,9,12H,5,8H2,1-4H3/t12-/m0/s1. The Morgan fingerprint density at radius 1 is 1.40 bits per heavy atom. The second-order valence-electron chi connectivity index (χ2n) is 5.40. The molecule has 2 rings (SSSR count). The smallest absolute Gasteiger partial charge is 0.261 e. The molecule has 0 amide bonds. The molecule has 0 aliphatic rings. The molecule has 1 aromatic heterocycles. The fraction of sp³-hybridized carbons (Fsp3) is 0.467. The first-order valence-corrected chi connectivity index (χ1v) is 7.13. The molecule has 1 heterocycles. The van der Waals surface area contributed by atoms with Crippen molar-refractivity contribution >= 4 is 22.5 Å². The SMILES string of the molecule is CC[C@@H](CN(C)C)n1cnc2c(C)cc(Cl)cc2c1=O. The highest BCUT2D eigenvalue weighted by molar-refractivity contribution is 6.31. The highest BCUT2D eigenvalue weighted by Gasteiger charge is 2.14. The molecule has 0 fully saturated rings. The first-order chi connectivity index (χ1) is 9.43. The van der Waals surface area contributed by atoms with Crippen molar-refractivity contribution in [2.75, 3.05) is 20.6 Å². The van der Waals surface area contributed by atoms with Crippen molar-refractivity contribution in [1.82, 2.24) is 14.5 Å². The monoisotopic (exact) mass is 293 g/mol. The normalized spacial score (nSPS) is 13.1. The Kier molecular flexibility index (Phi) is 4.45. The average molecular weight is 294 g/mol. The molecule has 0 N–H and O–H groups in total. The minimum Gasteiger partial charge on any atom is -0.307 e. The summed E-state index contributed by atoms with van der Waals surface area (Å²) in [5.74, 6) is 0. The molecule has 5 heteroatoms. The number of aromatic nitrogens is 2. The molecule has 0 spiro atoms. The fourth-order valence-corrected chi connectivity index (χ4v) is 2.75. The van der Waals surface area contributed by atoms with E-state index in [1.807, 2.05) is 27.1 Å². The number of fused-ring (bicyclic) bond motifs is 1. The van der Waals surface area contributed by atoms with Gasteiger partial charge in [-0.05, 0) is 45.1 Å². The van der Waals surface area contributed by atoms with Gasteiger partial charge >= 0.3 is 0 Å². The first kappa shape index (κ1) is 15.0. The van der Waals surface area contributed by atoms with Crippen LogP contribution in [0.3, 0.4) is 0 Å². The summed E-state index contributed by atoms with van der Waals surface area (Å²) in [7, 11) is 4.01. The lowest BCUT2D eigenvalue weighted by Gasteiger charge is -2.22. The van der Waals surface area contributed by atoms with E-state index >= 15 is 0 Å². The Hall–Kier alpha value is -1.39. The third kappa shape index (κ3) is 2.86. The number of rotatable bonds is 4. The van der Waals surface area contributed by atoms with Gasteiger partial charge in [0, 0.05) is 11.6 Å². The van der Waals surface area contributed by atoms with E-state index in [0.717, 1.165) is 24.0 Å². The third-order valence-corrected chi connectivity index (χ3v) is 3.70. The molecule has 0 aliphatic carbocycles. The lowest BCUT2D eigenvalue weighted by Crippen LogP contribution is -2.31. The Morgan fingerprint density at radius 3 is 2.70 bits per heavy atom. The van der Waals surface area contributed by atoms with Crippen LogP contribution < -0.4 is 5.56 Å². The summed E-state index contributed by atoms with van der Waals surface area (Å²) in [6, 6.07) is 3.66. The first-order valence-electron chi connectivity index (χ1n) is 6.75. The van der Waals surface area contributed by atoms with Gasteiger partial charge in [0.25, 0.3) is 5.56 Å². The molecule has 0 unspecified atom stereocenters. The molecule has 0 bridgehead atoms. The van der Waals surface area contributed by atoms with Crippen LogP contribution in [0.2, 0.25) is 5.02 Å². The lowest BCUT2D eigenvalue weighted by atomic mass is 10.1. The van der Waals surface area contributed by atoms with Crippen LogP contribution in [0.5, 0.6) is 0 Å². The van der Waals surface area contributed by atoms with E-state index in [2.05, 4.69) is 16.8 Å². The zero-order chi connectivity index (χ0) is 14.9. The van der Waals surface area contributed by atoms with Crippen molar-refractivity contribution in [2.24, 2.45) is 0 Å². The second-order valence-corrected chi connectivity index (χ2v) is 5.84. The van der Waals surface area contributed by atoms with E-state index < -0.39 is 0 Å². The van der Waals surface area contributed by atoms with Gasteiger partial charge in [0.1, 0.15) is 0 Å². The van der Waals surface area contributed by atoms with Gasteiger partial charge in [-0.15, -0.1) is 0 Å². The van der Waals surface area contributed by atoms with Gasteiger partial charge in [0.2, 0.25) is 0 Å². The Bertz CT molecular complexity index is 679. The van der Waals surface area contributed by atoms with Crippen LogP contribution in [0, 0.1) is 6.92 Å². The van der Waals surface area contributed by atoms with Gasteiger partial charge in [-0.25, -0.2) is 4.98 Å². The molecular weight excluding hydrogens is 274 g/mol. The number of hydrogen-bond acceptors (Lipinski definition) is 3. The zero-order valence-corrected chi connectivity index (χ0v) is 13.1. The lowest BCUT2D eigenvalue weighted by molar-refractivity contribution is 0.311. The van der Waals surface area contributed by atoms with Gasteiger partial charge in [0.05, 0.1) is 23.3 Å². The minimum atomic E-state index is -0.0192. The molecule has 4 nitrogen and oxygen atoms in total. The molecule has 1 atom stereocenters. The molecular formula is C15H20ClN3O. The van der Waals surface area contributed by atoms with Crippen LogP contribution in [-0.2, 0) is 0 Å². The van der Waals surface area contributed by atoms with E-state index in [1.165, 1.54) is 0 Å². The van der Waals surface area contributed by atoms with E-state index in [-0.39, 0.29) is 11.6 Å². The summed E-state index contributed by atoms with van der Waals surface area (Å²) in [6.07, 6.45) is 2.54. The second kappa shape index (κ2) is 5.94. The summed E-state index contributed by atoms with van der Waals surface area (Å²) in [4.78, 5) is 19.2. The fourth-order valence-electron chi connectivity index (χ4n) is 2.48. The number of likely N-dealkylation sites (N-methyl/N-ethyl adjacent to an activating group) is 1. The third-order valence-electron chi connectivity index (χ3n) is 3.48. The van der Waals surface area contributed by atoms with E-state index in [4.69, 9.17) is 11.6 Å². The van der Waals surface area contributed by atoms with Gasteiger partial charge in [0.15, 0.2) is 0 Å². The van der Waals surface area contributed by atoms with Crippen molar-refractivity contribution in [3.63, 3.8) is 0 Å². The molecule has 2 aromatic rings. The van der Waals surface area contributed by atoms with Gasteiger partial charge in [-0.1, -0.05) is 18.5 Å². The summed E-state index contributed by atoms with van der Waals surface area (Å²) in [6.45, 7) is 4.80. The largest absolute Gasteiger partial charge is 0.307 e. The summed E-state index contributed by atoms with van der Waals surface area (Å²) < 4.78 is 1.72. The summed E-state index contributed by atoms with van der Waals surface area (Å²) >= 11 is 6.06. The summed E-state index contributed by atoms with van der Waals surface area (Å²) in [5.41, 5.74) is 1.64. The van der Waals surface area contributed by atoms with Crippen LogP contribution in [0.4, 0.5) is 0 Å². The Labute approximate surface area is 124 Å². The van der Waals surface area contributed by atoms with Crippen LogP contribution in [0.15, 0.2) is 23.3 Å². The maximum Gasteiger partial charge on any atom is 0.261 e. The number of aryl methyl sites for hydroxylation is 1. The maximum absolute atomic E-state index is 12.7. The van der Waals surface area contributed by atoms with Crippen LogP contribution >= 0.6 is 11.6 Å². The van der Waals surface area contributed by atoms with Crippen LogP contribution in [0.1, 0.15) is 24.9 Å². The van der Waals surface area contributed by atoms with Crippen molar-refractivity contribution in [3.05, 3.63) is 39.4 Å². The van der Waals surface area contributed by atoms with Gasteiger partial charge < -0.3 is 4.90 Å².